The largest absolute Gasteiger partial charge is 0.481 e. The maximum absolute atomic E-state index is 11.8. The summed E-state index contributed by atoms with van der Waals surface area (Å²) < 4.78 is 5.12. The molecule has 1 amide bonds. The highest BCUT2D eigenvalue weighted by molar-refractivity contribution is 6.32. The Morgan fingerprint density at radius 3 is 2.90 bits per heavy atom. The van der Waals surface area contributed by atoms with E-state index in [0.29, 0.717) is 17.4 Å². The molecule has 0 unspecified atom stereocenters. The normalized spacial score (nSPS) is 10.6. The van der Waals surface area contributed by atoms with Crippen LogP contribution in [0.5, 0.6) is 5.88 Å². The van der Waals surface area contributed by atoms with E-state index in [9.17, 15) is 4.79 Å². The molecule has 0 aliphatic heterocycles. The van der Waals surface area contributed by atoms with Gasteiger partial charge in [-0.2, -0.15) is 0 Å². The van der Waals surface area contributed by atoms with Crippen molar-refractivity contribution in [1.29, 1.82) is 0 Å². The highest BCUT2D eigenvalue weighted by atomic mass is 35.5. The number of hydrogen-bond donors (Lipinski definition) is 1. The monoisotopic (exact) mass is 302 g/mol. The number of amides is 1. The third-order valence-corrected chi connectivity index (χ3v) is 3.16. The van der Waals surface area contributed by atoms with Gasteiger partial charge in [0.1, 0.15) is 0 Å². The van der Waals surface area contributed by atoms with Crippen LogP contribution in [0, 0.1) is 0 Å². The van der Waals surface area contributed by atoms with Gasteiger partial charge in [-0.1, -0.05) is 35.9 Å². The Kier molecular flexibility index (Phi) is 5.35. The van der Waals surface area contributed by atoms with Crippen molar-refractivity contribution in [2.24, 2.45) is 0 Å². The molecule has 0 saturated carbocycles. The van der Waals surface area contributed by atoms with Crippen LogP contribution in [0.1, 0.15) is 11.1 Å². The Balaban J connectivity index is 1.95. The molecule has 21 heavy (non-hydrogen) atoms. The molecule has 108 valence electrons. The molecule has 0 aliphatic carbocycles. The van der Waals surface area contributed by atoms with Gasteiger partial charge < -0.3 is 10.1 Å². The Morgan fingerprint density at radius 1 is 1.33 bits per heavy atom. The van der Waals surface area contributed by atoms with Crippen LogP contribution in [-0.4, -0.2) is 18.0 Å². The minimum atomic E-state index is -0.208. The third-order valence-electron chi connectivity index (χ3n) is 2.82. The lowest BCUT2D eigenvalue weighted by Gasteiger charge is -2.07. The molecule has 2 aromatic rings. The van der Waals surface area contributed by atoms with Crippen LogP contribution < -0.4 is 10.1 Å². The number of halogens is 1. The predicted molar refractivity (Wildman–Crippen MR) is 83.1 cm³/mol. The molecule has 5 heteroatoms. The number of nitrogens with one attached hydrogen (secondary N) is 1. The molecule has 0 spiro atoms. The summed E-state index contributed by atoms with van der Waals surface area (Å²) in [5.74, 6) is 0.300. The number of ether oxygens (including phenoxy) is 1. The first-order chi connectivity index (χ1) is 10.2. The highest BCUT2D eigenvalue weighted by Gasteiger charge is 2.04. The average Bonchev–Trinajstić information content (AvgIpc) is 2.52. The summed E-state index contributed by atoms with van der Waals surface area (Å²) in [5, 5.41) is 3.38. The maximum Gasteiger partial charge on any atom is 0.244 e. The van der Waals surface area contributed by atoms with Crippen molar-refractivity contribution in [2.75, 3.05) is 7.11 Å². The minimum Gasteiger partial charge on any atom is -0.481 e. The third kappa shape index (κ3) is 4.33. The summed E-state index contributed by atoms with van der Waals surface area (Å²) in [6.07, 6.45) is 4.77. The molecular weight excluding hydrogens is 288 g/mol. The number of carbonyl (C=O) groups is 1. The SMILES string of the molecule is COc1ncccc1CNC(=O)C=Cc1ccccc1Cl. The molecule has 0 saturated heterocycles. The Morgan fingerprint density at radius 2 is 2.14 bits per heavy atom. The zero-order chi connectivity index (χ0) is 15.1. The molecule has 0 atom stereocenters. The van der Waals surface area contributed by atoms with Gasteiger partial charge in [-0.05, 0) is 23.8 Å². The number of benzene rings is 1. The van der Waals surface area contributed by atoms with Crippen LogP contribution in [0.25, 0.3) is 6.08 Å². The maximum atomic E-state index is 11.8. The molecule has 1 aromatic carbocycles. The minimum absolute atomic E-state index is 0.208. The highest BCUT2D eigenvalue weighted by Crippen LogP contribution is 2.16. The summed E-state index contributed by atoms with van der Waals surface area (Å²) in [4.78, 5) is 15.9. The lowest BCUT2D eigenvalue weighted by molar-refractivity contribution is -0.116. The summed E-state index contributed by atoms with van der Waals surface area (Å²) in [7, 11) is 1.55. The van der Waals surface area contributed by atoms with E-state index in [-0.39, 0.29) is 5.91 Å². The van der Waals surface area contributed by atoms with Crippen molar-refractivity contribution in [3.8, 4) is 5.88 Å². The van der Waals surface area contributed by atoms with Crippen molar-refractivity contribution in [3.63, 3.8) is 0 Å². The fourth-order valence-electron chi connectivity index (χ4n) is 1.76. The van der Waals surface area contributed by atoms with E-state index in [1.54, 1.807) is 31.5 Å². The van der Waals surface area contributed by atoms with E-state index in [2.05, 4.69) is 10.3 Å². The number of pyridine rings is 1. The molecule has 2 rings (SSSR count). The molecule has 4 nitrogen and oxygen atoms in total. The Labute approximate surface area is 128 Å². The van der Waals surface area contributed by atoms with Crippen LogP contribution in [0.2, 0.25) is 5.02 Å². The standard InChI is InChI=1S/C16H15ClN2O2/c1-21-16-13(6-4-10-18-16)11-19-15(20)9-8-12-5-2-3-7-14(12)17/h2-10H,11H2,1H3,(H,19,20). The molecule has 0 fully saturated rings. The quantitative estimate of drug-likeness (QED) is 0.864. The first-order valence-electron chi connectivity index (χ1n) is 6.39. The van der Waals surface area contributed by atoms with Crippen molar-refractivity contribution < 1.29 is 9.53 Å². The topological polar surface area (TPSA) is 51.2 Å². The van der Waals surface area contributed by atoms with Crippen LogP contribution >= 0.6 is 11.6 Å². The number of nitrogens with zero attached hydrogens (tertiary/aromatic N) is 1. The lowest BCUT2D eigenvalue weighted by atomic mass is 10.2. The first-order valence-corrected chi connectivity index (χ1v) is 6.77. The van der Waals surface area contributed by atoms with Crippen molar-refractivity contribution in [2.45, 2.75) is 6.54 Å². The lowest BCUT2D eigenvalue weighted by Crippen LogP contribution is -2.20. The van der Waals surface area contributed by atoms with Crippen LogP contribution in [0.15, 0.2) is 48.7 Å². The number of rotatable bonds is 5. The van der Waals surface area contributed by atoms with Gasteiger partial charge in [-0.3, -0.25) is 4.79 Å². The number of methoxy groups -OCH3 is 1. The molecular formula is C16H15ClN2O2. The second-order valence-electron chi connectivity index (χ2n) is 4.24. The van der Waals surface area contributed by atoms with Gasteiger partial charge in [0.25, 0.3) is 0 Å². The molecule has 1 heterocycles. The van der Waals surface area contributed by atoms with Gasteiger partial charge in [0, 0.05) is 29.4 Å². The van der Waals surface area contributed by atoms with Gasteiger partial charge in [0.15, 0.2) is 0 Å². The smallest absolute Gasteiger partial charge is 0.244 e. The zero-order valence-electron chi connectivity index (χ0n) is 11.5. The van der Waals surface area contributed by atoms with Crippen molar-refractivity contribution in [3.05, 3.63) is 64.8 Å². The second-order valence-corrected chi connectivity index (χ2v) is 4.65. The van der Waals surface area contributed by atoms with Gasteiger partial charge in [-0.15, -0.1) is 0 Å². The van der Waals surface area contributed by atoms with E-state index in [4.69, 9.17) is 16.3 Å². The van der Waals surface area contributed by atoms with Gasteiger partial charge in [0.05, 0.1) is 7.11 Å². The van der Waals surface area contributed by atoms with Crippen LogP contribution in [-0.2, 0) is 11.3 Å². The van der Waals surface area contributed by atoms with Crippen molar-refractivity contribution >= 4 is 23.6 Å². The molecule has 0 radical (unpaired) electrons. The number of hydrogen-bond acceptors (Lipinski definition) is 3. The zero-order valence-corrected chi connectivity index (χ0v) is 12.3. The fraction of sp³-hybridized carbons (Fsp3) is 0.125. The predicted octanol–water partition coefficient (Wildman–Crippen LogP) is 3.07. The van der Waals surface area contributed by atoms with E-state index >= 15 is 0 Å². The summed E-state index contributed by atoms with van der Waals surface area (Å²) >= 11 is 6.01. The van der Waals surface area contributed by atoms with E-state index in [1.807, 2.05) is 24.3 Å². The molecule has 1 N–H and O–H groups in total. The second kappa shape index (κ2) is 7.45. The van der Waals surface area contributed by atoms with Crippen molar-refractivity contribution in [1.82, 2.24) is 10.3 Å². The van der Waals surface area contributed by atoms with E-state index in [1.165, 1.54) is 6.08 Å². The summed E-state index contributed by atoms with van der Waals surface area (Å²) in [5.41, 5.74) is 1.62. The van der Waals surface area contributed by atoms with Gasteiger partial charge in [0.2, 0.25) is 11.8 Å². The number of carbonyl (C=O) groups excluding carboxylic acids is 1. The van der Waals surface area contributed by atoms with Crippen LogP contribution in [0.4, 0.5) is 0 Å². The van der Waals surface area contributed by atoms with Crippen LogP contribution in [0.3, 0.4) is 0 Å². The Bertz CT molecular complexity index is 656. The summed E-state index contributed by atoms with van der Waals surface area (Å²) in [6.45, 7) is 0.350. The molecule has 0 aliphatic rings. The Hall–Kier alpha value is -2.33. The van der Waals surface area contributed by atoms with E-state index in [0.717, 1.165) is 11.1 Å². The first kappa shape index (κ1) is 15.1. The molecule has 1 aromatic heterocycles. The van der Waals surface area contributed by atoms with E-state index < -0.39 is 0 Å². The number of aromatic nitrogens is 1. The van der Waals surface area contributed by atoms with Gasteiger partial charge in [-0.25, -0.2) is 4.98 Å². The average molecular weight is 303 g/mol. The molecule has 0 bridgehead atoms. The van der Waals surface area contributed by atoms with Gasteiger partial charge >= 0.3 is 0 Å². The fourth-order valence-corrected chi connectivity index (χ4v) is 1.96. The summed E-state index contributed by atoms with van der Waals surface area (Å²) in [6, 6.07) is 11.0.